The van der Waals surface area contributed by atoms with Crippen LogP contribution < -0.4 is 0 Å². The Morgan fingerprint density at radius 1 is 0.431 bits per heavy atom. The molecule has 7 aromatic carbocycles. The van der Waals surface area contributed by atoms with Crippen molar-refractivity contribution in [2.75, 3.05) is 0 Å². The van der Waals surface area contributed by atoms with E-state index in [0.29, 0.717) is 0 Å². The van der Waals surface area contributed by atoms with E-state index in [2.05, 4.69) is 189 Å². The summed E-state index contributed by atoms with van der Waals surface area (Å²) in [5.74, 6) is 0.745. The second kappa shape index (κ2) is 13.7. The van der Waals surface area contributed by atoms with Crippen molar-refractivity contribution < 1.29 is 0 Å². The van der Waals surface area contributed by atoms with E-state index < -0.39 is 5.41 Å². The lowest BCUT2D eigenvalue weighted by molar-refractivity contribution is 0.723. The molecule has 0 amide bonds. The monoisotopic (exact) mass is 759 g/mol. The molecule has 1 unspecified atom stereocenters. The fourth-order valence-electron chi connectivity index (χ4n) is 9.49. The van der Waals surface area contributed by atoms with E-state index in [-0.39, 0.29) is 0 Å². The molecular formula is C54H37N3S. The minimum atomic E-state index is -0.569. The summed E-state index contributed by atoms with van der Waals surface area (Å²) in [5, 5.41) is 0. The molecule has 0 saturated carbocycles. The van der Waals surface area contributed by atoms with E-state index in [0.717, 1.165) is 39.6 Å². The van der Waals surface area contributed by atoms with Gasteiger partial charge >= 0.3 is 0 Å². The van der Waals surface area contributed by atoms with Gasteiger partial charge in [-0.2, -0.15) is 0 Å². The Kier molecular flexibility index (Phi) is 8.09. The van der Waals surface area contributed by atoms with E-state index in [4.69, 9.17) is 9.97 Å². The standard InChI is InChI=1S/C54H37N3S/c1-34-33-49(36-17-4-3-5-18-36)57-53(56-34)44-25-15-30-48-52(44)58-50-31-13-12-28-46(50)54(48)45-27-11-10-23-43(45)51-42(24-14-29-47(51)54)41-22-9-8-21-40(41)39-20-7-6-19-38(39)37-26-16-32-55-35(37)2/h3-33H,1-2H3. The molecule has 11 rings (SSSR count). The number of rotatable bonds is 5. The minimum Gasteiger partial charge on any atom is -0.261 e. The highest BCUT2D eigenvalue weighted by Gasteiger charge is 2.51. The number of benzene rings is 7. The van der Waals surface area contributed by atoms with Gasteiger partial charge in [-0.3, -0.25) is 4.98 Å². The van der Waals surface area contributed by atoms with Gasteiger partial charge in [0.05, 0.1) is 11.1 Å². The summed E-state index contributed by atoms with van der Waals surface area (Å²) in [5.41, 5.74) is 19.3. The fraction of sp³-hybridized carbons (Fsp3) is 0.0556. The maximum absolute atomic E-state index is 5.24. The highest BCUT2D eigenvalue weighted by atomic mass is 32.2. The molecule has 9 aromatic rings. The molecule has 0 fully saturated rings. The molecule has 3 nitrogen and oxygen atoms in total. The summed E-state index contributed by atoms with van der Waals surface area (Å²) in [6, 6.07) is 66.1. The first-order valence-electron chi connectivity index (χ1n) is 19.8. The maximum Gasteiger partial charge on any atom is 0.161 e. The zero-order valence-corrected chi connectivity index (χ0v) is 33.0. The van der Waals surface area contributed by atoms with Crippen LogP contribution in [0.1, 0.15) is 33.6 Å². The molecule has 1 aliphatic carbocycles. The minimum absolute atomic E-state index is 0.569. The highest BCUT2D eigenvalue weighted by Crippen LogP contribution is 2.64. The second-order valence-electron chi connectivity index (χ2n) is 15.1. The first kappa shape index (κ1) is 34.4. The van der Waals surface area contributed by atoms with Gasteiger partial charge in [-0.15, -0.1) is 0 Å². The molecular weight excluding hydrogens is 723 g/mol. The van der Waals surface area contributed by atoms with Crippen molar-refractivity contribution in [2.45, 2.75) is 29.1 Å². The molecule has 0 N–H and O–H groups in total. The fourth-order valence-corrected chi connectivity index (χ4v) is 10.8. The molecule has 0 bridgehead atoms. The van der Waals surface area contributed by atoms with E-state index in [9.17, 15) is 0 Å². The highest BCUT2D eigenvalue weighted by molar-refractivity contribution is 7.99. The smallest absolute Gasteiger partial charge is 0.161 e. The Morgan fingerprint density at radius 3 is 1.72 bits per heavy atom. The lowest BCUT2D eigenvalue weighted by atomic mass is 9.67. The molecule has 1 spiro atoms. The summed E-state index contributed by atoms with van der Waals surface area (Å²) >= 11 is 1.84. The van der Waals surface area contributed by atoms with Crippen molar-refractivity contribution >= 4 is 11.8 Å². The van der Waals surface area contributed by atoms with E-state index in [1.807, 2.05) is 30.1 Å². The SMILES string of the molecule is Cc1cc(-c2ccccc2)nc(-c2cccc3c2Sc2ccccc2C32c3ccccc3-c3c(-c4ccccc4-c4ccccc4-c4cccnc4C)cccc32)n1. The molecule has 1 atom stereocenters. The zero-order valence-electron chi connectivity index (χ0n) is 32.1. The van der Waals surface area contributed by atoms with Crippen LogP contribution in [0.5, 0.6) is 0 Å². The summed E-state index contributed by atoms with van der Waals surface area (Å²) < 4.78 is 0. The summed E-state index contributed by atoms with van der Waals surface area (Å²) in [7, 11) is 0. The van der Waals surface area contributed by atoms with Gasteiger partial charge in [-0.25, -0.2) is 9.97 Å². The number of nitrogens with zero attached hydrogens (tertiary/aromatic N) is 3. The molecule has 2 aromatic heterocycles. The van der Waals surface area contributed by atoms with Crippen LogP contribution >= 0.6 is 11.8 Å². The third-order valence-corrected chi connectivity index (χ3v) is 13.1. The number of aromatic nitrogens is 3. The van der Waals surface area contributed by atoms with Crippen LogP contribution in [-0.4, -0.2) is 15.0 Å². The average molecular weight is 760 g/mol. The Balaban J connectivity index is 1.18. The van der Waals surface area contributed by atoms with Gasteiger partial charge in [0, 0.05) is 44.1 Å². The van der Waals surface area contributed by atoms with Crippen LogP contribution in [0.4, 0.5) is 0 Å². The quantitative estimate of drug-likeness (QED) is 0.175. The lowest BCUT2D eigenvalue weighted by Crippen LogP contribution is -2.32. The molecule has 3 heterocycles. The summed E-state index contributed by atoms with van der Waals surface area (Å²) in [6.07, 6.45) is 1.87. The third kappa shape index (κ3) is 5.18. The molecule has 1 aliphatic heterocycles. The van der Waals surface area contributed by atoms with Crippen LogP contribution in [-0.2, 0) is 5.41 Å². The van der Waals surface area contributed by atoms with Gasteiger partial charge in [0.2, 0.25) is 0 Å². The topological polar surface area (TPSA) is 38.7 Å². The van der Waals surface area contributed by atoms with Crippen LogP contribution in [0.25, 0.3) is 67.2 Å². The molecule has 58 heavy (non-hydrogen) atoms. The Morgan fingerprint density at radius 2 is 0.983 bits per heavy atom. The Labute approximate surface area is 343 Å². The van der Waals surface area contributed by atoms with Crippen LogP contribution in [0.15, 0.2) is 198 Å². The van der Waals surface area contributed by atoms with Crippen LogP contribution in [0.2, 0.25) is 0 Å². The first-order chi connectivity index (χ1) is 28.6. The van der Waals surface area contributed by atoms with E-state index in [1.165, 1.54) is 71.0 Å². The molecule has 274 valence electrons. The van der Waals surface area contributed by atoms with Gasteiger partial charge in [0.1, 0.15) is 0 Å². The molecule has 2 aliphatic rings. The molecule has 0 radical (unpaired) electrons. The van der Waals surface area contributed by atoms with Crippen molar-refractivity contribution in [1.29, 1.82) is 0 Å². The van der Waals surface area contributed by atoms with Gasteiger partial charge in [0.15, 0.2) is 5.82 Å². The Hall–Kier alpha value is -6.88. The molecule has 0 saturated heterocycles. The number of hydrogen-bond donors (Lipinski definition) is 0. The average Bonchev–Trinajstić information content (AvgIpc) is 3.57. The van der Waals surface area contributed by atoms with Crippen LogP contribution in [0, 0.1) is 13.8 Å². The summed E-state index contributed by atoms with van der Waals surface area (Å²) in [4.78, 5) is 17.4. The van der Waals surface area contributed by atoms with Crippen molar-refractivity contribution in [3.8, 4) is 67.2 Å². The number of aryl methyl sites for hydroxylation is 2. The predicted molar refractivity (Wildman–Crippen MR) is 238 cm³/mol. The molecule has 4 heteroatoms. The second-order valence-corrected chi connectivity index (χ2v) is 16.2. The van der Waals surface area contributed by atoms with E-state index in [1.54, 1.807) is 0 Å². The maximum atomic E-state index is 5.24. The van der Waals surface area contributed by atoms with E-state index >= 15 is 0 Å². The van der Waals surface area contributed by atoms with Gasteiger partial charge in [-0.1, -0.05) is 176 Å². The normalized spacial score (nSPS) is 14.7. The van der Waals surface area contributed by atoms with Crippen molar-refractivity contribution in [3.05, 3.63) is 222 Å². The van der Waals surface area contributed by atoms with Crippen molar-refractivity contribution in [2.24, 2.45) is 0 Å². The number of pyridine rings is 1. The number of hydrogen-bond acceptors (Lipinski definition) is 4. The zero-order chi connectivity index (χ0) is 38.8. The van der Waals surface area contributed by atoms with Gasteiger partial charge in [-0.05, 0) is 93.2 Å². The number of fused-ring (bicyclic) bond motifs is 9. The van der Waals surface area contributed by atoms with Crippen LogP contribution in [0.3, 0.4) is 0 Å². The van der Waals surface area contributed by atoms with Gasteiger partial charge in [0.25, 0.3) is 0 Å². The third-order valence-electron chi connectivity index (χ3n) is 11.9. The van der Waals surface area contributed by atoms with Gasteiger partial charge < -0.3 is 0 Å². The largest absolute Gasteiger partial charge is 0.261 e. The predicted octanol–water partition coefficient (Wildman–Crippen LogP) is 13.7. The lowest BCUT2D eigenvalue weighted by Gasteiger charge is -2.40. The summed E-state index contributed by atoms with van der Waals surface area (Å²) in [6.45, 7) is 4.16. The first-order valence-corrected chi connectivity index (χ1v) is 20.6. The van der Waals surface area contributed by atoms with Crippen molar-refractivity contribution in [3.63, 3.8) is 0 Å². The van der Waals surface area contributed by atoms with Crippen molar-refractivity contribution in [1.82, 2.24) is 15.0 Å². The Bertz CT molecular complexity index is 3080.